The molecule has 0 heterocycles. The predicted octanol–water partition coefficient (Wildman–Crippen LogP) is 5.89. The molecule has 3 aromatic rings. The summed E-state index contributed by atoms with van der Waals surface area (Å²) in [5.41, 5.74) is 0. The lowest BCUT2D eigenvalue weighted by molar-refractivity contribution is -0.140. The van der Waals surface area contributed by atoms with Crippen LogP contribution in [0.1, 0.15) is 38.5 Å². The Bertz CT molecular complexity index is 870. The van der Waals surface area contributed by atoms with Gasteiger partial charge in [-0.05, 0) is 47.2 Å². The highest BCUT2D eigenvalue weighted by molar-refractivity contribution is 6.00. The van der Waals surface area contributed by atoms with Crippen molar-refractivity contribution in [2.45, 2.75) is 38.5 Å². The second kappa shape index (κ2) is 9.23. The molecule has 3 heteroatoms. The van der Waals surface area contributed by atoms with Crippen molar-refractivity contribution < 1.29 is 14.3 Å². The summed E-state index contributed by atoms with van der Waals surface area (Å²) in [5.74, 6) is 0.843. The van der Waals surface area contributed by atoms with Crippen molar-refractivity contribution in [2.75, 3.05) is 13.7 Å². The number of ether oxygens (including phenoxy) is 2. The molecule has 0 fully saturated rings. The van der Waals surface area contributed by atoms with Crippen molar-refractivity contribution in [3.8, 4) is 5.75 Å². The minimum atomic E-state index is -0.114. The lowest BCUT2D eigenvalue weighted by Gasteiger charge is -2.10. The molecule has 136 valence electrons. The van der Waals surface area contributed by atoms with E-state index in [1.165, 1.54) is 28.7 Å². The van der Waals surface area contributed by atoms with Gasteiger partial charge in [0.15, 0.2) is 0 Å². The Balaban J connectivity index is 1.50. The van der Waals surface area contributed by atoms with E-state index in [9.17, 15) is 4.79 Å². The summed E-state index contributed by atoms with van der Waals surface area (Å²) in [6, 6.07) is 19.1. The van der Waals surface area contributed by atoms with Crippen LogP contribution in [-0.2, 0) is 9.53 Å². The highest BCUT2D eigenvalue weighted by Gasteiger charge is 2.04. The van der Waals surface area contributed by atoms with Crippen molar-refractivity contribution in [1.82, 2.24) is 0 Å². The fourth-order valence-electron chi connectivity index (χ4n) is 3.25. The Labute approximate surface area is 154 Å². The van der Waals surface area contributed by atoms with E-state index < -0.39 is 0 Å². The second-order valence-electron chi connectivity index (χ2n) is 6.62. The summed E-state index contributed by atoms with van der Waals surface area (Å²) in [7, 11) is 1.44. The fourth-order valence-corrected chi connectivity index (χ4v) is 3.25. The maximum Gasteiger partial charge on any atom is 0.305 e. The Kier molecular flexibility index (Phi) is 6.48. The van der Waals surface area contributed by atoms with Gasteiger partial charge in [-0.15, -0.1) is 0 Å². The predicted molar refractivity (Wildman–Crippen MR) is 107 cm³/mol. The van der Waals surface area contributed by atoms with Crippen LogP contribution in [-0.4, -0.2) is 19.7 Å². The van der Waals surface area contributed by atoms with Crippen LogP contribution in [0.2, 0.25) is 0 Å². The van der Waals surface area contributed by atoms with Crippen molar-refractivity contribution >= 4 is 27.5 Å². The number of methoxy groups -OCH3 is 1. The molecule has 0 aromatic heterocycles. The van der Waals surface area contributed by atoms with E-state index in [1.807, 2.05) is 6.07 Å². The Morgan fingerprint density at radius 1 is 0.808 bits per heavy atom. The number of carbonyl (C=O) groups excluding carboxylic acids is 1. The van der Waals surface area contributed by atoms with Gasteiger partial charge in [-0.3, -0.25) is 4.79 Å². The minimum absolute atomic E-state index is 0.114. The molecule has 0 aliphatic carbocycles. The number of hydrogen-bond acceptors (Lipinski definition) is 3. The molecule has 0 aliphatic heterocycles. The Morgan fingerprint density at radius 3 is 2.31 bits per heavy atom. The number of esters is 1. The summed E-state index contributed by atoms with van der Waals surface area (Å²) < 4.78 is 10.7. The summed E-state index contributed by atoms with van der Waals surface area (Å²) in [6.45, 7) is 0.725. The molecule has 0 amide bonds. The van der Waals surface area contributed by atoms with Crippen LogP contribution in [0, 0.1) is 0 Å². The van der Waals surface area contributed by atoms with E-state index in [-0.39, 0.29) is 5.97 Å². The van der Waals surface area contributed by atoms with Crippen molar-refractivity contribution in [3.05, 3.63) is 54.6 Å². The average molecular weight is 350 g/mol. The second-order valence-corrected chi connectivity index (χ2v) is 6.62. The summed E-state index contributed by atoms with van der Waals surface area (Å²) in [5, 5.41) is 4.87. The van der Waals surface area contributed by atoms with E-state index >= 15 is 0 Å². The first-order chi connectivity index (χ1) is 12.8. The molecule has 0 bridgehead atoms. The lowest BCUT2D eigenvalue weighted by Crippen LogP contribution is -2.00. The first kappa shape index (κ1) is 18.2. The van der Waals surface area contributed by atoms with Crippen LogP contribution in [0.3, 0.4) is 0 Å². The first-order valence-corrected chi connectivity index (χ1v) is 9.39. The molecule has 0 aliphatic rings. The van der Waals surface area contributed by atoms with Gasteiger partial charge in [0.1, 0.15) is 5.75 Å². The van der Waals surface area contributed by atoms with Gasteiger partial charge in [-0.25, -0.2) is 0 Å². The van der Waals surface area contributed by atoms with Crippen LogP contribution in [0.5, 0.6) is 5.75 Å². The smallest absolute Gasteiger partial charge is 0.305 e. The van der Waals surface area contributed by atoms with Gasteiger partial charge in [0, 0.05) is 11.8 Å². The van der Waals surface area contributed by atoms with Crippen LogP contribution in [0.15, 0.2) is 54.6 Å². The van der Waals surface area contributed by atoms with Crippen molar-refractivity contribution in [1.29, 1.82) is 0 Å². The molecule has 3 nitrogen and oxygen atoms in total. The summed E-state index contributed by atoms with van der Waals surface area (Å²) in [6.07, 6.45) is 5.77. The van der Waals surface area contributed by atoms with E-state index in [0.29, 0.717) is 6.42 Å². The molecular formula is C23H26O3. The van der Waals surface area contributed by atoms with Gasteiger partial charge in [0.05, 0.1) is 13.7 Å². The monoisotopic (exact) mass is 350 g/mol. The minimum Gasteiger partial charge on any atom is -0.493 e. The molecule has 26 heavy (non-hydrogen) atoms. The van der Waals surface area contributed by atoms with Crippen molar-refractivity contribution in [2.24, 2.45) is 0 Å². The third-order valence-electron chi connectivity index (χ3n) is 4.72. The molecule has 0 saturated heterocycles. The number of unbranched alkanes of at least 4 members (excludes halogenated alkanes) is 4. The Morgan fingerprint density at radius 2 is 1.50 bits per heavy atom. The number of hydrogen-bond donors (Lipinski definition) is 0. The topological polar surface area (TPSA) is 35.5 Å². The third kappa shape index (κ3) is 4.75. The first-order valence-electron chi connectivity index (χ1n) is 9.39. The van der Waals surface area contributed by atoms with Gasteiger partial charge in [0.2, 0.25) is 0 Å². The van der Waals surface area contributed by atoms with Crippen molar-refractivity contribution in [3.63, 3.8) is 0 Å². The molecule has 0 atom stereocenters. The molecule has 0 spiro atoms. The van der Waals surface area contributed by atoms with Gasteiger partial charge < -0.3 is 9.47 Å². The van der Waals surface area contributed by atoms with E-state index in [4.69, 9.17) is 4.74 Å². The van der Waals surface area contributed by atoms with Crippen LogP contribution in [0.4, 0.5) is 0 Å². The van der Waals surface area contributed by atoms with Gasteiger partial charge in [-0.2, -0.15) is 0 Å². The lowest BCUT2D eigenvalue weighted by atomic mass is 10.0. The van der Waals surface area contributed by atoms with Gasteiger partial charge >= 0.3 is 5.97 Å². The SMILES string of the molecule is COC(=O)CCCCCCCOc1cccc2cc3ccccc3cc12. The van der Waals surface area contributed by atoms with E-state index in [1.54, 1.807) is 0 Å². The number of carbonyl (C=O) groups is 1. The zero-order chi connectivity index (χ0) is 18.2. The van der Waals surface area contributed by atoms with Gasteiger partial charge in [0.25, 0.3) is 0 Å². The standard InChI is InChI=1S/C23H26O3/c1-25-23(24)14-5-3-2-4-8-15-26-22-13-9-12-20-16-18-10-6-7-11-19(18)17-21(20)22/h6-7,9-13,16-17H,2-5,8,14-15H2,1H3. The number of rotatable bonds is 9. The van der Waals surface area contributed by atoms with Crippen LogP contribution >= 0.6 is 0 Å². The molecule has 0 radical (unpaired) electrons. The molecule has 0 N–H and O–H groups in total. The molecule has 3 aromatic carbocycles. The molecular weight excluding hydrogens is 324 g/mol. The highest BCUT2D eigenvalue weighted by atomic mass is 16.5. The maximum atomic E-state index is 11.1. The quantitative estimate of drug-likeness (QED) is 0.274. The Hall–Kier alpha value is -2.55. The third-order valence-corrected chi connectivity index (χ3v) is 4.72. The maximum absolute atomic E-state index is 11.1. The molecule has 0 saturated carbocycles. The summed E-state index contributed by atoms with van der Waals surface area (Å²) in [4.78, 5) is 11.1. The largest absolute Gasteiger partial charge is 0.493 e. The zero-order valence-corrected chi connectivity index (χ0v) is 15.4. The molecule has 0 unspecified atom stereocenters. The normalized spacial score (nSPS) is 11.0. The van der Waals surface area contributed by atoms with E-state index in [0.717, 1.165) is 44.5 Å². The molecule has 3 rings (SSSR count). The number of fused-ring (bicyclic) bond motifs is 2. The summed E-state index contributed by atoms with van der Waals surface area (Å²) >= 11 is 0. The van der Waals surface area contributed by atoms with E-state index in [2.05, 4.69) is 53.3 Å². The fraction of sp³-hybridized carbons (Fsp3) is 0.348. The average Bonchev–Trinajstić information content (AvgIpc) is 2.68. The zero-order valence-electron chi connectivity index (χ0n) is 15.4. The van der Waals surface area contributed by atoms with Crippen LogP contribution in [0.25, 0.3) is 21.5 Å². The number of benzene rings is 3. The van der Waals surface area contributed by atoms with Gasteiger partial charge in [-0.1, -0.05) is 55.7 Å². The highest BCUT2D eigenvalue weighted by Crippen LogP contribution is 2.30. The van der Waals surface area contributed by atoms with Crippen LogP contribution < -0.4 is 4.74 Å².